The Hall–Kier alpha value is -1.97. The van der Waals surface area contributed by atoms with Crippen LogP contribution in [-0.2, 0) is 19.0 Å². The number of alkyl halides is 3. The fourth-order valence-corrected chi connectivity index (χ4v) is 2.74. The number of anilines is 1. The maximum absolute atomic E-state index is 12.9. The zero-order chi connectivity index (χ0) is 14.2. The van der Waals surface area contributed by atoms with Gasteiger partial charge in [-0.1, -0.05) is 36.4 Å². The van der Waals surface area contributed by atoms with E-state index in [4.69, 9.17) is 0 Å². The van der Waals surface area contributed by atoms with Gasteiger partial charge >= 0.3 is 6.18 Å². The van der Waals surface area contributed by atoms with E-state index in [1.165, 1.54) is 23.3 Å². The Labute approximate surface area is 115 Å². The van der Waals surface area contributed by atoms with Crippen molar-refractivity contribution in [3.8, 4) is 0 Å². The summed E-state index contributed by atoms with van der Waals surface area (Å²) in [7, 11) is 0. The van der Waals surface area contributed by atoms with Crippen LogP contribution in [0.15, 0.2) is 48.5 Å². The summed E-state index contributed by atoms with van der Waals surface area (Å²) in [6, 6.07) is 13.7. The number of hydrogen-bond donors (Lipinski definition) is 1. The van der Waals surface area contributed by atoms with Crippen molar-refractivity contribution < 1.29 is 13.2 Å². The summed E-state index contributed by atoms with van der Waals surface area (Å²) in [5.41, 5.74) is 2.00. The van der Waals surface area contributed by atoms with E-state index in [1.807, 2.05) is 24.3 Å². The van der Waals surface area contributed by atoms with Crippen molar-refractivity contribution in [2.24, 2.45) is 0 Å². The van der Waals surface area contributed by atoms with Gasteiger partial charge in [0, 0.05) is 11.7 Å². The highest BCUT2D eigenvalue weighted by atomic mass is 19.4. The molecule has 1 aliphatic rings. The predicted molar refractivity (Wildman–Crippen MR) is 72.7 cm³/mol. The Bertz CT molecular complexity index is 594. The number of hydrogen-bond acceptors (Lipinski definition) is 1. The van der Waals surface area contributed by atoms with Gasteiger partial charge in [0.05, 0.1) is 5.56 Å². The van der Waals surface area contributed by atoms with E-state index in [2.05, 4.69) is 5.32 Å². The molecule has 0 heterocycles. The van der Waals surface area contributed by atoms with Gasteiger partial charge in [-0.25, -0.2) is 0 Å². The largest absolute Gasteiger partial charge is 0.418 e. The fourth-order valence-electron chi connectivity index (χ4n) is 2.74. The highest BCUT2D eigenvalue weighted by Gasteiger charge is 2.34. The molecule has 3 rings (SSSR count). The molecule has 1 N–H and O–H groups in total. The Morgan fingerprint density at radius 3 is 2.00 bits per heavy atom. The first-order valence-electron chi connectivity index (χ1n) is 6.53. The first-order chi connectivity index (χ1) is 9.54. The van der Waals surface area contributed by atoms with Gasteiger partial charge in [0.25, 0.3) is 0 Å². The first-order valence-corrected chi connectivity index (χ1v) is 6.53. The van der Waals surface area contributed by atoms with Crippen molar-refractivity contribution in [2.45, 2.75) is 25.1 Å². The summed E-state index contributed by atoms with van der Waals surface area (Å²) in [4.78, 5) is 0. The van der Waals surface area contributed by atoms with Crippen LogP contribution in [0, 0.1) is 0 Å². The Kier molecular flexibility index (Phi) is 3.16. The molecule has 0 atom stereocenters. The van der Waals surface area contributed by atoms with Crippen LogP contribution in [0.4, 0.5) is 18.9 Å². The van der Waals surface area contributed by atoms with Crippen molar-refractivity contribution in [3.05, 3.63) is 65.2 Å². The minimum Gasteiger partial charge on any atom is -0.381 e. The molecule has 104 valence electrons. The second-order valence-corrected chi connectivity index (χ2v) is 5.06. The smallest absolute Gasteiger partial charge is 0.381 e. The molecule has 2 aromatic carbocycles. The normalized spacial score (nSPS) is 15.2. The molecule has 4 heteroatoms. The lowest BCUT2D eigenvalue weighted by molar-refractivity contribution is -0.137. The molecule has 0 unspecified atom stereocenters. The fraction of sp³-hybridized carbons (Fsp3) is 0.250. The third-order valence-electron chi connectivity index (χ3n) is 3.64. The van der Waals surface area contributed by atoms with Gasteiger partial charge in [0.2, 0.25) is 0 Å². The highest BCUT2D eigenvalue weighted by molar-refractivity contribution is 5.54. The summed E-state index contributed by atoms with van der Waals surface area (Å²) in [5, 5.41) is 3.04. The van der Waals surface area contributed by atoms with Crippen molar-refractivity contribution in [2.75, 3.05) is 5.32 Å². The number of benzene rings is 2. The minimum atomic E-state index is -4.32. The van der Waals surface area contributed by atoms with E-state index in [0.29, 0.717) is 0 Å². The molecule has 0 saturated carbocycles. The van der Waals surface area contributed by atoms with E-state index in [-0.39, 0.29) is 11.7 Å². The molecular formula is C16H14F3N. The number of fused-ring (bicyclic) bond motifs is 1. The number of para-hydroxylation sites is 1. The predicted octanol–water partition coefficient (Wildman–Crippen LogP) is 4.28. The van der Waals surface area contributed by atoms with Crippen LogP contribution < -0.4 is 5.32 Å². The van der Waals surface area contributed by atoms with Gasteiger partial charge in [-0.05, 0) is 36.1 Å². The summed E-state index contributed by atoms with van der Waals surface area (Å²) in [5.74, 6) is 0. The van der Waals surface area contributed by atoms with E-state index in [1.54, 1.807) is 6.07 Å². The Balaban J connectivity index is 1.81. The summed E-state index contributed by atoms with van der Waals surface area (Å²) < 4.78 is 38.8. The van der Waals surface area contributed by atoms with Gasteiger partial charge in [-0.15, -0.1) is 0 Å². The standard InChI is InChI=1S/C16H14F3N/c17-16(18,19)14-7-3-4-8-15(14)20-13-9-11-5-1-2-6-12(11)10-13/h1-8,13,20H,9-10H2. The molecule has 0 aromatic heterocycles. The lowest BCUT2D eigenvalue weighted by atomic mass is 10.1. The quantitative estimate of drug-likeness (QED) is 0.863. The second kappa shape index (κ2) is 4.85. The molecule has 0 bridgehead atoms. The van der Waals surface area contributed by atoms with E-state index >= 15 is 0 Å². The van der Waals surface area contributed by atoms with E-state index < -0.39 is 11.7 Å². The zero-order valence-corrected chi connectivity index (χ0v) is 10.7. The van der Waals surface area contributed by atoms with Crippen LogP contribution >= 0.6 is 0 Å². The molecule has 0 amide bonds. The number of halogens is 3. The summed E-state index contributed by atoms with van der Waals surface area (Å²) >= 11 is 0. The molecule has 0 fully saturated rings. The molecular weight excluding hydrogens is 263 g/mol. The molecule has 0 spiro atoms. The highest BCUT2D eigenvalue weighted by Crippen LogP contribution is 2.35. The lowest BCUT2D eigenvalue weighted by Crippen LogP contribution is -2.22. The minimum absolute atomic E-state index is 0.0240. The van der Waals surface area contributed by atoms with Crippen LogP contribution in [0.3, 0.4) is 0 Å². The molecule has 1 nitrogen and oxygen atoms in total. The second-order valence-electron chi connectivity index (χ2n) is 5.06. The van der Waals surface area contributed by atoms with Crippen LogP contribution in [0.25, 0.3) is 0 Å². The monoisotopic (exact) mass is 277 g/mol. The zero-order valence-electron chi connectivity index (χ0n) is 10.7. The third kappa shape index (κ3) is 2.50. The van der Waals surface area contributed by atoms with E-state index in [9.17, 15) is 13.2 Å². The molecule has 0 aliphatic heterocycles. The topological polar surface area (TPSA) is 12.0 Å². The maximum atomic E-state index is 12.9. The van der Waals surface area contributed by atoms with Gasteiger partial charge in [-0.3, -0.25) is 0 Å². The molecule has 0 radical (unpaired) electrons. The Morgan fingerprint density at radius 1 is 0.850 bits per heavy atom. The molecule has 1 aliphatic carbocycles. The average molecular weight is 277 g/mol. The first kappa shape index (κ1) is 13.0. The summed E-state index contributed by atoms with van der Waals surface area (Å²) in [6.07, 6.45) is -2.79. The van der Waals surface area contributed by atoms with Crippen LogP contribution in [0.1, 0.15) is 16.7 Å². The molecule has 0 saturated heterocycles. The van der Waals surface area contributed by atoms with E-state index in [0.717, 1.165) is 18.9 Å². The van der Waals surface area contributed by atoms with Gasteiger partial charge in [-0.2, -0.15) is 13.2 Å². The molecule has 2 aromatic rings. The molecule has 20 heavy (non-hydrogen) atoms. The SMILES string of the molecule is FC(F)(F)c1ccccc1NC1Cc2ccccc2C1. The van der Waals surface area contributed by atoms with Gasteiger partial charge < -0.3 is 5.32 Å². The summed E-state index contributed by atoms with van der Waals surface area (Å²) in [6.45, 7) is 0. The lowest BCUT2D eigenvalue weighted by Gasteiger charge is -2.18. The van der Waals surface area contributed by atoms with Crippen molar-refractivity contribution in [3.63, 3.8) is 0 Å². The van der Waals surface area contributed by atoms with Gasteiger partial charge in [0.15, 0.2) is 0 Å². The van der Waals surface area contributed by atoms with Crippen molar-refractivity contribution in [1.29, 1.82) is 0 Å². The van der Waals surface area contributed by atoms with Crippen LogP contribution in [-0.4, -0.2) is 6.04 Å². The Morgan fingerprint density at radius 2 is 1.40 bits per heavy atom. The van der Waals surface area contributed by atoms with Crippen molar-refractivity contribution in [1.82, 2.24) is 0 Å². The van der Waals surface area contributed by atoms with Crippen LogP contribution in [0.2, 0.25) is 0 Å². The van der Waals surface area contributed by atoms with Gasteiger partial charge in [0.1, 0.15) is 0 Å². The van der Waals surface area contributed by atoms with Crippen molar-refractivity contribution >= 4 is 5.69 Å². The third-order valence-corrected chi connectivity index (χ3v) is 3.64. The number of nitrogens with one attached hydrogen (secondary N) is 1. The number of rotatable bonds is 2. The average Bonchev–Trinajstić information content (AvgIpc) is 2.80. The maximum Gasteiger partial charge on any atom is 0.418 e. The van der Waals surface area contributed by atoms with Crippen LogP contribution in [0.5, 0.6) is 0 Å².